The van der Waals surface area contributed by atoms with E-state index in [0.717, 1.165) is 26.8 Å². The highest BCUT2D eigenvalue weighted by molar-refractivity contribution is 5.80. The zero-order valence-corrected chi connectivity index (χ0v) is 21.6. The summed E-state index contributed by atoms with van der Waals surface area (Å²) in [5, 5.41) is 14.2. The Bertz CT molecular complexity index is 1750. The minimum atomic E-state index is -0.702. The van der Waals surface area contributed by atoms with Gasteiger partial charge in [0.15, 0.2) is 17.0 Å². The summed E-state index contributed by atoms with van der Waals surface area (Å²) in [7, 11) is 2.72. The molecule has 0 aliphatic carbocycles. The predicted molar refractivity (Wildman–Crippen MR) is 141 cm³/mol. The molecule has 200 valence electrons. The Morgan fingerprint density at radius 2 is 1.72 bits per heavy atom. The van der Waals surface area contributed by atoms with E-state index in [1.807, 2.05) is 48.5 Å². The molecule has 0 radical (unpaired) electrons. The monoisotopic (exact) mass is 530 g/mol. The van der Waals surface area contributed by atoms with Crippen LogP contribution in [0.1, 0.15) is 11.4 Å². The number of methoxy groups -OCH3 is 2. The molecule has 0 unspecified atom stereocenters. The van der Waals surface area contributed by atoms with Gasteiger partial charge >= 0.3 is 11.7 Å². The van der Waals surface area contributed by atoms with Crippen LogP contribution in [0.4, 0.5) is 0 Å². The first-order valence-electron chi connectivity index (χ1n) is 12.1. The number of aromatic amines is 1. The van der Waals surface area contributed by atoms with E-state index >= 15 is 0 Å². The minimum Gasteiger partial charge on any atom is -0.468 e. The lowest BCUT2D eigenvalue weighted by molar-refractivity contribution is -0.141. The van der Waals surface area contributed by atoms with E-state index in [1.54, 1.807) is 11.5 Å². The maximum atomic E-state index is 13.5. The summed E-state index contributed by atoms with van der Waals surface area (Å²) >= 11 is 0. The van der Waals surface area contributed by atoms with E-state index in [-0.39, 0.29) is 24.3 Å². The molecule has 5 rings (SSSR count). The van der Waals surface area contributed by atoms with Crippen LogP contribution >= 0.6 is 0 Å². The van der Waals surface area contributed by atoms with Gasteiger partial charge in [-0.15, -0.1) is 5.10 Å². The van der Waals surface area contributed by atoms with Crippen molar-refractivity contribution in [1.82, 2.24) is 39.3 Å². The second-order valence-electron chi connectivity index (χ2n) is 8.80. The molecule has 2 aromatic carbocycles. The quantitative estimate of drug-likeness (QED) is 0.279. The number of carbonyl (C=O) groups is 1. The lowest BCUT2D eigenvalue weighted by Crippen LogP contribution is -2.43. The number of benzene rings is 2. The van der Waals surface area contributed by atoms with E-state index in [2.05, 4.69) is 25.6 Å². The molecule has 1 N–H and O–H groups in total. The topological polar surface area (TPSA) is 152 Å². The SMILES string of the molecule is COCCn1c(=O)n(CC(=O)OC)c(=O)c2c1nc(C)n2Cc1ccc(-c2ccccc2-c2nnn[nH]2)cc1. The summed E-state index contributed by atoms with van der Waals surface area (Å²) in [6.07, 6.45) is 0. The molecule has 0 aliphatic rings. The van der Waals surface area contributed by atoms with Crippen molar-refractivity contribution in [3.8, 4) is 22.5 Å². The molecule has 0 atom stereocenters. The fraction of sp³-hybridized carbons (Fsp3) is 0.269. The Kier molecular flexibility index (Phi) is 7.14. The van der Waals surface area contributed by atoms with Crippen LogP contribution in [0, 0.1) is 6.92 Å². The Morgan fingerprint density at radius 3 is 2.38 bits per heavy atom. The van der Waals surface area contributed by atoms with Crippen LogP contribution in [0.3, 0.4) is 0 Å². The fourth-order valence-corrected chi connectivity index (χ4v) is 4.50. The first-order valence-corrected chi connectivity index (χ1v) is 12.1. The number of carbonyl (C=O) groups excluding carboxylic acids is 1. The number of imidazole rings is 1. The lowest BCUT2D eigenvalue weighted by atomic mass is 9.98. The van der Waals surface area contributed by atoms with Crippen molar-refractivity contribution in [2.75, 3.05) is 20.8 Å². The van der Waals surface area contributed by atoms with Gasteiger partial charge in [0.2, 0.25) is 0 Å². The molecular formula is C26H26N8O5. The number of esters is 1. The van der Waals surface area contributed by atoms with Crippen LogP contribution in [0.25, 0.3) is 33.7 Å². The number of ether oxygens (including phenoxy) is 2. The molecule has 39 heavy (non-hydrogen) atoms. The van der Waals surface area contributed by atoms with Gasteiger partial charge in [0.05, 0.1) is 20.3 Å². The highest BCUT2D eigenvalue weighted by Gasteiger charge is 2.22. The summed E-state index contributed by atoms with van der Waals surface area (Å²) in [5.41, 5.74) is 2.91. The van der Waals surface area contributed by atoms with Crippen molar-refractivity contribution < 1.29 is 14.3 Å². The Labute approximate surface area is 221 Å². The van der Waals surface area contributed by atoms with Gasteiger partial charge in [0.25, 0.3) is 5.56 Å². The van der Waals surface area contributed by atoms with Gasteiger partial charge in [-0.05, 0) is 34.0 Å². The van der Waals surface area contributed by atoms with Crippen molar-refractivity contribution in [2.45, 2.75) is 26.6 Å². The maximum absolute atomic E-state index is 13.5. The van der Waals surface area contributed by atoms with E-state index in [0.29, 0.717) is 18.2 Å². The van der Waals surface area contributed by atoms with Gasteiger partial charge in [-0.3, -0.25) is 14.2 Å². The Hall–Kier alpha value is -4.91. The van der Waals surface area contributed by atoms with Crippen LogP contribution < -0.4 is 11.2 Å². The van der Waals surface area contributed by atoms with E-state index in [9.17, 15) is 14.4 Å². The third kappa shape index (κ3) is 4.86. The molecular weight excluding hydrogens is 504 g/mol. The van der Waals surface area contributed by atoms with Gasteiger partial charge in [0.1, 0.15) is 12.4 Å². The smallest absolute Gasteiger partial charge is 0.333 e. The number of aryl methyl sites for hydroxylation is 1. The van der Waals surface area contributed by atoms with Crippen LogP contribution in [0.5, 0.6) is 0 Å². The van der Waals surface area contributed by atoms with Crippen LogP contribution in [0.15, 0.2) is 58.1 Å². The standard InChI is InChI=1S/C26H26N8O5/c1-16-27-24-22(25(36)34(15-21(35)39-3)26(37)32(24)12-13-38-2)33(16)14-17-8-10-18(11-9-17)19-6-4-5-7-20(19)23-28-30-31-29-23/h4-11H,12-15H2,1-3H3,(H,28,29,30,31). The summed E-state index contributed by atoms with van der Waals surface area (Å²) in [5.74, 6) is 0.417. The zero-order chi connectivity index (χ0) is 27.5. The largest absolute Gasteiger partial charge is 0.468 e. The molecule has 3 aromatic heterocycles. The number of aromatic nitrogens is 8. The molecule has 0 fully saturated rings. The van der Waals surface area contributed by atoms with Crippen LogP contribution in [-0.4, -0.2) is 66.1 Å². The molecule has 0 saturated carbocycles. The average Bonchev–Trinajstić information content (AvgIpc) is 3.60. The number of rotatable bonds is 9. The van der Waals surface area contributed by atoms with E-state index < -0.39 is 23.8 Å². The van der Waals surface area contributed by atoms with Crippen LogP contribution in [-0.2, 0) is 33.9 Å². The molecule has 0 saturated heterocycles. The Morgan fingerprint density at radius 1 is 0.974 bits per heavy atom. The summed E-state index contributed by atoms with van der Waals surface area (Å²) in [6, 6.07) is 15.7. The fourth-order valence-electron chi connectivity index (χ4n) is 4.50. The van der Waals surface area contributed by atoms with E-state index in [4.69, 9.17) is 9.47 Å². The number of hydrogen-bond acceptors (Lipinski definition) is 9. The molecule has 0 aliphatic heterocycles. The average molecular weight is 531 g/mol. The van der Waals surface area contributed by atoms with Gasteiger partial charge in [-0.1, -0.05) is 48.5 Å². The third-order valence-corrected chi connectivity index (χ3v) is 6.47. The predicted octanol–water partition coefficient (Wildman–Crippen LogP) is 1.38. The maximum Gasteiger partial charge on any atom is 0.333 e. The third-order valence-electron chi connectivity index (χ3n) is 6.47. The van der Waals surface area contributed by atoms with Gasteiger partial charge in [-0.25, -0.2) is 19.4 Å². The second kappa shape index (κ2) is 10.8. The summed E-state index contributed by atoms with van der Waals surface area (Å²) in [4.78, 5) is 43.1. The molecule has 0 amide bonds. The number of nitrogens with zero attached hydrogens (tertiary/aromatic N) is 7. The minimum absolute atomic E-state index is 0.165. The van der Waals surface area contributed by atoms with Gasteiger partial charge < -0.3 is 14.0 Å². The Balaban J connectivity index is 1.56. The lowest BCUT2D eigenvalue weighted by Gasteiger charge is -2.12. The zero-order valence-electron chi connectivity index (χ0n) is 21.6. The summed E-state index contributed by atoms with van der Waals surface area (Å²) < 4.78 is 13.8. The van der Waals surface area contributed by atoms with Crippen molar-refractivity contribution in [3.05, 3.63) is 80.8 Å². The molecule has 0 spiro atoms. The van der Waals surface area contributed by atoms with Crippen molar-refractivity contribution >= 4 is 17.1 Å². The highest BCUT2D eigenvalue weighted by atomic mass is 16.5. The highest BCUT2D eigenvalue weighted by Crippen LogP contribution is 2.30. The molecule has 3 heterocycles. The first kappa shape index (κ1) is 25.7. The van der Waals surface area contributed by atoms with Crippen LogP contribution in [0.2, 0.25) is 0 Å². The van der Waals surface area contributed by atoms with E-state index in [1.165, 1.54) is 18.8 Å². The van der Waals surface area contributed by atoms with Crippen molar-refractivity contribution in [1.29, 1.82) is 0 Å². The number of tetrazole rings is 1. The summed E-state index contributed by atoms with van der Waals surface area (Å²) in [6.45, 7) is 1.98. The second-order valence-corrected chi connectivity index (χ2v) is 8.80. The molecule has 13 heteroatoms. The normalized spacial score (nSPS) is 11.3. The number of hydrogen-bond donors (Lipinski definition) is 1. The number of nitrogens with one attached hydrogen (secondary N) is 1. The molecule has 13 nitrogen and oxygen atoms in total. The van der Waals surface area contributed by atoms with Gasteiger partial charge in [-0.2, -0.15) is 0 Å². The molecule has 5 aromatic rings. The first-order chi connectivity index (χ1) is 18.9. The number of fused-ring (bicyclic) bond motifs is 1. The van der Waals surface area contributed by atoms with Crippen molar-refractivity contribution in [2.24, 2.45) is 0 Å². The molecule has 0 bridgehead atoms. The van der Waals surface area contributed by atoms with Crippen molar-refractivity contribution in [3.63, 3.8) is 0 Å². The van der Waals surface area contributed by atoms with Gasteiger partial charge in [0, 0.05) is 19.2 Å². The number of H-pyrrole nitrogens is 1.